The molecule has 1 amide bonds. The van der Waals surface area contributed by atoms with Crippen LogP contribution in [-0.4, -0.2) is 70.1 Å². The number of rotatable bonds is 7. The van der Waals surface area contributed by atoms with Crippen LogP contribution in [0.1, 0.15) is 37.7 Å². The summed E-state index contributed by atoms with van der Waals surface area (Å²) in [6.07, 6.45) is 7.44. The maximum atomic E-state index is 12.7. The van der Waals surface area contributed by atoms with Gasteiger partial charge in [-0.3, -0.25) is 9.89 Å². The fourth-order valence-corrected chi connectivity index (χ4v) is 4.11. The van der Waals surface area contributed by atoms with E-state index in [2.05, 4.69) is 10.2 Å². The number of hydrogen-bond donors (Lipinski definition) is 2. The molecule has 0 aromatic carbocycles. The summed E-state index contributed by atoms with van der Waals surface area (Å²) in [5, 5.41) is 15.5. The number of nitrogens with one attached hydrogen (secondary N) is 1. The molecule has 1 aliphatic carbocycles. The van der Waals surface area contributed by atoms with Crippen LogP contribution in [0.15, 0.2) is 12.4 Å². The van der Waals surface area contributed by atoms with E-state index in [1.165, 1.54) is 0 Å². The highest BCUT2D eigenvalue weighted by Crippen LogP contribution is 2.43. The van der Waals surface area contributed by atoms with Crippen molar-refractivity contribution in [1.82, 2.24) is 15.1 Å². The number of nitrogens with zero attached hydrogens (tertiary/aromatic N) is 2. The quantitative estimate of drug-likeness (QED) is 0.759. The SMILES string of the molecule is CO[C@@]12CC[C@H](OCC(=O)O)C[C@@H]1N(C(=O)CCc1cn[nH]c1)CC2. The lowest BCUT2D eigenvalue weighted by atomic mass is 9.79. The Morgan fingerprint density at radius 3 is 3.00 bits per heavy atom. The Hall–Kier alpha value is -1.93. The molecule has 138 valence electrons. The van der Waals surface area contributed by atoms with Gasteiger partial charge < -0.3 is 19.5 Å². The van der Waals surface area contributed by atoms with E-state index in [1.54, 1.807) is 19.5 Å². The molecule has 2 aliphatic rings. The lowest BCUT2D eigenvalue weighted by Crippen LogP contribution is -2.53. The van der Waals surface area contributed by atoms with E-state index in [0.29, 0.717) is 25.8 Å². The van der Waals surface area contributed by atoms with E-state index in [4.69, 9.17) is 14.6 Å². The number of carbonyl (C=O) groups excluding carboxylic acids is 1. The molecule has 1 aromatic heterocycles. The van der Waals surface area contributed by atoms with Crippen LogP contribution in [0.25, 0.3) is 0 Å². The van der Waals surface area contributed by atoms with E-state index in [-0.39, 0.29) is 30.3 Å². The van der Waals surface area contributed by atoms with Crippen molar-refractivity contribution >= 4 is 11.9 Å². The van der Waals surface area contributed by atoms with Crippen LogP contribution in [0.2, 0.25) is 0 Å². The highest BCUT2D eigenvalue weighted by molar-refractivity contribution is 5.77. The van der Waals surface area contributed by atoms with Gasteiger partial charge in [-0.25, -0.2) is 4.79 Å². The number of methoxy groups -OCH3 is 1. The summed E-state index contributed by atoms with van der Waals surface area (Å²) in [5.74, 6) is -0.868. The Morgan fingerprint density at radius 1 is 1.48 bits per heavy atom. The summed E-state index contributed by atoms with van der Waals surface area (Å²) in [5.41, 5.74) is 0.686. The molecule has 2 heterocycles. The largest absolute Gasteiger partial charge is 0.480 e. The molecule has 1 aromatic rings. The van der Waals surface area contributed by atoms with Gasteiger partial charge in [-0.05, 0) is 37.7 Å². The third-order valence-electron chi connectivity index (χ3n) is 5.49. The van der Waals surface area contributed by atoms with Gasteiger partial charge in [-0.15, -0.1) is 0 Å². The van der Waals surface area contributed by atoms with Gasteiger partial charge >= 0.3 is 5.97 Å². The Kier molecular flexibility index (Phi) is 5.39. The first kappa shape index (κ1) is 17.9. The molecule has 0 unspecified atom stereocenters. The number of aromatic amines is 1. The first-order chi connectivity index (χ1) is 12.0. The van der Waals surface area contributed by atoms with Gasteiger partial charge in [0.15, 0.2) is 0 Å². The second-order valence-electron chi connectivity index (χ2n) is 6.83. The molecule has 3 atom stereocenters. The number of aryl methyl sites for hydroxylation is 1. The molecule has 1 saturated carbocycles. The topological polar surface area (TPSA) is 105 Å². The van der Waals surface area contributed by atoms with Gasteiger partial charge in [0, 0.05) is 26.3 Å². The van der Waals surface area contributed by atoms with Crippen LogP contribution in [-0.2, 0) is 25.5 Å². The Labute approximate surface area is 146 Å². The van der Waals surface area contributed by atoms with Crippen LogP contribution < -0.4 is 0 Å². The average molecular weight is 351 g/mol. The number of carboxylic acid groups (broad SMARTS) is 1. The van der Waals surface area contributed by atoms with Crippen molar-refractivity contribution in [1.29, 1.82) is 0 Å². The number of carbonyl (C=O) groups is 2. The maximum absolute atomic E-state index is 12.7. The first-order valence-corrected chi connectivity index (χ1v) is 8.70. The second-order valence-corrected chi connectivity index (χ2v) is 6.83. The predicted molar refractivity (Wildman–Crippen MR) is 88.0 cm³/mol. The molecule has 0 bridgehead atoms. The van der Waals surface area contributed by atoms with Crippen molar-refractivity contribution in [2.45, 2.75) is 56.3 Å². The van der Waals surface area contributed by atoms with Crippen LogP contribution in [0.5, 0.6) is 0 Å². The monoisotopic (exact) mass is 351 g/mol. The third kappa shape index (κ3) is 3.85. The maximum Gasteiger partial charge on any atom is 0.329 e. The summed E-state index contributed by atoms with van der Waals surface area (Å²) in [6, 6.07) is -0.0538. The van der Waals surface area contributed by atoms with Crippen LogP contribution in [0, 0.1) is 0 Å². The number of aromatic nitrogens is 2. The Balaban J connectivity index is 1.63. The van der Waals surface area contributed by atoms with Crippen LogP contribution in [0.3, 0.4) is 0 Å². The van der Waals surface area contributed by atoms with Crippen LogP contribution >= 0.6 is 0 Å². The minimum Gasteiger partial charge on any atom is -0.480 e. The van der Waals surface area contributed by atoms with Crippen molar-refractivity contribution in [3.63, 3.8) is 0 Å². The van der Waals surface area contributed by atoms with Gasteiger partial charge in [0.25, 0.3) is 0 Å². The standard InChI is InChI=1S/C17H25N3O5/c1-24-17-5-4-13(25-11-16(22)23)8-14(17)20(7-6-17)15(21)3-2-12-9-18-19-10-12/h9-10,13-14H,2-8,11H2,1H3,(H,18,19)(H,22,23)/t13-,14-,17+/m0/s1. The fourth-order valence-electron chi connectivity index (χ4n) is 4.11. The van der Waals surface area contributed by atoms with E-state index in [0.717, 1.165) is 24.8 Å². The van der Waals surface area contributed by atoms with E-state index >= 15 is 0 Å². The molecule has 1 saturated heterocycles. The van der Waals surface area contributed by atoms with Crippen molar-refractivity contribution in [3.8, 4) is 0 Å². The lowest BCUT2D eigenvalue weighted by Gasteiger charge is -2.43. The molecule has 1 aliphatic heterocycles. The number of fused-ring (bicyclic) bond motifs is 1. The number of hydrogen-bond acceptors (Lipinski definition) is 5. The molecular formula is C17H25N3O5. The van der Waals surface area contributed by atoms with E-state index < -0.39 is 5.97 Å². The summed E-state index contributed by atoms with van der Waals surface area (Å²) >= 11 is 0. The normalized spacial score (nSPS) is 28.8. The summed E-state index contributed by atoms with van der Waals surface area (Å²) < 4.78 is 11.3. The molecule has 3 rings (SSSR count). The number of amides is 1. The number of aliphatic carboxylic acids is 1. The molecule has 2 N–H and O–H groups in total. The zero-order chi connectivity index (χ0) is 17.9. The van der Waals surface area contributed by atoms with Gasteiger partial charge in [0.2, 0.25) is 5.91 Å². The Morgan fingerprint density at radius 2 is 2.32 bits per heavy atom. The summed E-state index contributed by atoms with van der Waals surface area (Å²) in [4.78, 5) is 25.4. The van der Waals surface area contributed by atoms with Crippen molar-refractivity contribution in [2.75, 3.05) is 20.3 Å². The van der Waals surface area contributed by atoms with Gasteiger partial charge in [0.05, 0.1) is 23.9 Å². The lowest BCUT2D eigenvalue weighted by molar-refractivity contribution is -0.152. The second kappa shape index (κ2) is 7.53. The zero-order valence-corrected chi connectivity index (χ0v) is 14.4. The number of H-pyrrole nitrogens is 1. The van der Waals surface area contributed by atoms with Crippen molar-refractivity contribution in [2.24, 2.45) is 0 Å². The van der Waals surface area contributed by atoms with Crippen molar-refractivity contribution < 1.29 is 24.2 Å². The first-order valence-electron chi connectivity index (χ1n) is 8.70. The fraction of sp³-hybridized carbons (Fsp3) is 0.706. The summed E-state index contributed by atoms with van der Waals surface area (Å²) in [6.45, 7) is 0.375. The van der Waals surface area contributed by atoms with Gasteiger partial charge in [-0.1, -0.05) is 0 Å². The van der Waals surface area contributed by atoms with E-state index in [1.807, 2.05) is 4.90 Å². The number of likely N-dealkylation sites (tertiary alicyclic amines) is 1. The number of ether oxygens (including phenoxy) is 2. The van der Waals surface area contributed by atoms with Gasteiger partial charge in [0.1, 0.15) is 6.61 Å². The summed E-state index contributed by atoms with van der Waals surface area (Å²) in [7, 11) is 1.70. The highest BCUT2D eigenvalue weighted by Gasteiger charge is 2.52. The molecule has 0 radical (unpaired) electrons. The minimum absolute atomic E-state index is 0.0538. The van der Waals surface area contributed by atoms with Crippen molar-refractivity contribution in [3.05, 3.63) is 18.0 Å². The molecule has 0 spiro atoms. The van der Waals surface area contributed by atoms with Crippen LogP contribution in [0.4, 0.5) is 0 Å². The number of carboxylic acids is 1. The van der Waals surface area contributed by atoms with E-state index in [9.17, 15) is 9.59 Å². The molecule has 25 heavy (non-hydrogen) atoms. The zero-order valence-electron chi connectivity index (χ0n) is 14.4. The molecule has 8 nitrogen and oxygen atoms in total. The molecule has 2 fully saturated rings. The highest BCUT2D eigenvalue weighted by atomic mass is 16.5. The average Bonchev–Trinajstić information content (AvgIpc) is 3.25. The molecular weight excluding hydrogens is 326 g/mol. The minimum atomic E-state index is -0.969. The third-order valence-corrected chi connectivity index (χ3v) is 5.49. The van der Waals surface area contributed by atoms with Gasteiger partial charge in [-0.2, -0.15) is 5.10 Å². The molecule has 8 heteroatoms. The Bertz CT molecular complexity index is 605. The predicted octanol–water partition coefficient (Wildman–Crippen LogP) is 0.982. The smallest absolute Gasteiger partial charge is 0.329 e.